The van der Waals surface area contributed by atoms with Crippen LogP contribution in [0.4, 0.5) is 14.4 Å². The Labute approximate surface area is 585 Å². The summed E-state index contributed by atoms with van der Waals surface area (Å²) in [4.78, 5) is 161. The van der Waals surface area contributed by atoms with Gasteiger partial charge in [-0.15, -0.1) is 50.6 Å². The molecule has 1 aromatic carbocycles. The molecular weight excluding hydrogens is 1360 g/mol. The van der Waals surface area contributed by atoms with Crippen molar-refractivity contribution in [2.24, 2.45) is 23.3 Å². The van der Waals surface area contributed by atoms with E-state index in [1.807, 2.05) is 58.0 Å². The number of alkyl carbamates (subject to hydrolysis) is 3. The minimum absolute atomic E-state index is 0.00810. The van der Waals surface area contributed by atoms with E-state index in [2.05, 4.69) is 44.9 Å². The van der Waals surface area contributed by atoms with Gasteiger partial charge in [0, 0.05) is 44.7 Å². The zero-order chi connectivity index (χ0) is 78.0. The van der Waals surface area contributed by atoms with Gasteiger partial charge in [-0.1, -0.05) is 58.0 Å². The quantitative estimate of drug-likeness (QED) is 0.0152. The Morgan fingerprint density at radius 2 is 0.733 bits per heavy atom. The van der Waals surface area contributed by atoms with Crippen LogP contribution in [0.25, 0.3) is 0 Å². The van der Waals surface area contributed by atoms with E-state index in [4.69, 9.17) is 44.6 Å². The average molecular weight is 1460 g/mol. The lowest BCUT2D eigenvalue weighted by Gasteiger charge is -2.24. The number of nitrogens with zero attached hydrogens (tertiary/aromatic N) is 5. The molecule has 0 aromatic heterocycles. The number of amides is 3. The summed E-state index contributed by atoms with van der Waals surface area (Å²) in [6.07, 6.45) is 1.41. The molecule has 1 aromatic rings. The SMILES string of the molecule is CC(C)(C)OC(=O)NCCOC(=O)CCCO[N+](=O)[O-].CC(C)(C)OC(=O)N[C@H](COC(=O)CCCO[N+](=O)[O-])Cc1ccccc1.CC(C)CC(COC(=O)CCCO[N+](=O)[O-])NC(=O)OC(C)(C)C.CC(C)CC(N)COC(=O)CCCO[N+](=O)[O-].NCCOC(=O)CCCO[N+](=O)[O-]. The maximum atomic E-state index is 12.0. The number of rotatable bonds is 44. The third kappa shape index (κ3) is 79.2. The van der Waals surface area contributed by atoms with E-state index in [0.717, 1.165) is 12.0 Å². The second-order valence-corrected chi connectivity index (χ2v) is 24.9. The van der Waals surface area contributed by atoms with E-state index in [0.29, 0.717) is 18.8 Å². The number of esters is 5. The second kappa shape index (κ2) is 58.1. The molecule has 0 saturated heterocycles. The van der Waals surface area contributed by atoms with Crippen LogP contribution < -0.4 is 27.4 Å². The largest absolute Gasteiger partial charge is 0.464 e. The monoisotopic (exact) mass is 1460 g/mol. The Balaban J connectivity index is -0.000000594. The Kier molecular flexibility index (Phi) is 56.2. The molecule has 3 atom stereocenters. The third-order valence-electron chi connectivity index (χ3n) is 10.7. The summed E-state index contributed by atoms with van der Waals surface area (Å²) in [6, 6.07) is 8.45. The first-order chi connectivity index (χ1) is 46.9. The van der Waals surface area contributed by atoms with Crippen molar-refractivity contribution < 1.29 is 126 Å². The van der Waals surface area contributed by atoms with Crippen molar-refractivity contribution in [2.45, 2.75) is 208 Å². The van der Waals surface area contributed by atoms with Gasteiger partial charge in [0.1, 0.15) is 49.8 Å². The maximum absolute atomic E-state index is 12.0. The number of ether oxygens (including phenoxy) is 8. The average Bonchev–Trinajstić information content (AvgIpc) is 0.923. The van der Waals surface area contributed by atoms with Crippen LogP contribution in [-0.2, 0) is 92.5 Å². The van der Waals surface area contributed by atoms with Crippen LogP contribution in [-0.4, -0.2) is 188 Å². The van der Waals surface area contributed by atoms with E-state index in [1.54, 1.807) is 62.3 Å². The lowest BCUT2D eigenvalue weighted by molar-refractivity contribution is -0.757. The minimum Gasteiger partial charge on any atom is -0.464 e. The highest BCUT2D eigenvalue weighted by Crippen LogP contribution is 2.13. The number of nitrogens with two attached hydrogens (primary N) is 2. The van der Waals surface area contributed by atoms with Crippen molar-refractivity contribution in [3.8, 4) is 0 Å². The summed E-state index contributed by atoms with van der Waals surface area (Å²) in [5.41, 5.74) is 9.93. The van der Waals surface area contributed by atoms with Gasteiger partial charge in [0.05, 0.1) is 51.7 Å². The molecule has 41 nitrogen and oxygen atoms in total. The molecule has 2 unspecified atom stereocenters. The van der Waals surface area contributed by atoms with Crippen molar-refractivity contribution in [3.63, 3.8) is 0 Å². The predicted molar refractivity (Wildman–Crippen MR) is 352 cm³/mol. The molecule has 0 spiro atoms. The Bertz CT molecular complexity index is 2550. The maximum Gasteiger partial charge on any atom is 0.408 e. The molecule has 3 amide bonds. The first kappa shape index (κ1) is 97.7. The van der Waals surface area contributed by atoms with Crippen LogP contribution in [0.5, 0.6) is 0 Å². The van der Waals surface area contributed by atoms with Crippen LogP contribution in [0.2, 0.25) is 0 Å². The molecule has 0 radical (unpaired) electrons. The van der Waals surface area contributed by atoms with Gasteiger partial charge < -0.3 is 89.5 Å². The van der Waals surface area contributed by atoms with E-state index in [1.165, 1.54) is 0 Å². The van der Waals surface area contributed by atoms with Crippen molar-refractivity contribution in [2.75, 3.05) is 79.2 Å². The fourth-order valence-corrected chi connectivity index (χ4v) is 6.94. The Morgan fingerprint density at radius 3 is 1.06 bits per heavy atom. The molecular formula is C60H106N10O31. The van der Waals surface area contributed by atoms with Gasteiger partial charge in [0.2, 0.25) is 0 Å². The van der Waals surface area contributed by atoms with Crippen LogP contribution in [0, 0.1) is 62.4 Å². The topological polar surface area (TPSA) is 560 Å². The number of carbonyl (C=O) groups excluding carboxylic acids is 8. The van der Waals surface area contributed by atoms with Crippen LogP contribution in [0.15, 0.2) is 30.3 Å². The van der Waals surface area contributed by atoms with Gasteiger partial charge >= 0.3 is 48.1 Å². The lowest BCUT2D eigenvalue weighted by atomic mass is 10.0. The smallest absolute Gasteiger partial charge is 0.408 e. The highest BCUT2D eigenvalue weighted by Gasteiger charge is 2.24. The predicted octanol–water partition coefficient (Wildman–Crippen LogP) is 6.52. The fraction of sp³-hybridized carbons (Fsp3) is 0.767. The number of hydrogen-bond acceptors (Lipinski definition) is 33. The molecule has 0 heterocycles. The van der Waals surface area contributed by atoms with Crippen LogP contribution in [0.3, 0.4) is 0 Å². The molecule has 101 heavy (non-hydrogen) atoms. The van der Waals surface area contributed by atoms with Gasteiger partial charge in [-0.25, -0.2) is 14.4 Å². The fourth-order valence-electron chi connectivity index (χ4n) is 6.94. The molecule has 41 heteroatoms. The molecule has 582 valence electrons. The Hall–Kier alpha value is -9.70. The highest BCUT2D eigenvalue weighted by molar-refractivity contribution is 5.72. The number of hydrogen-bond donors (Lipinski definition) is 5. The lowest BCUT2D eigenvalue weighted by Crippen LogP contribution is -2.43. The molecule has 1 rings (SSSR count). The zero-order valence-electron chi connectivity index (χ0n) is 60.0. The summed E-state index contributed by atoms with van der Waals surface area (Å²) in [7, 11) is 0. The summed E-state index contributed by atoms with van der Waals surface area (Å²) < 4.78 is 40.0. The summed E-state index contributed by atoms with van der Waals surface area (Å²) >= 11 is 0. The summed E-state index contributed by atoms with van der Waals surface area (Å²) in [5, 5.41) is 52.6. The van der Waals surface area contributed by atoms with E-state index < -0.39 is 96.4 Å². The molecule has 0 aliphatic heterocycles. The minimum atomic E-state index is -0.921. The van der Waals surface area contributed by atoms with Gasteiger partial charge in [-0.2, -0.15) is 0 Å². The van der Waals surface area contributed by atoms with E-state index >= 15 is 0 Å². The standard InChI is InChI=1S/C18H26N2O7.C15H28N2O7.C11H20N2O7.C10H20N2O5.C6H12N2O5/c1-18(2,3)27-17(22)19-15(12-14-8-5-4-6-9-14)13-25-16(21)10-7-11-26-20(23)24;1-11(2)9-12(16-14(19)24-15(3,4)5)10-22-13(18)7-6-8-23-17(20)21;1-11(2,3)20-10(15)12-6-8-18-9(14)5-4-7-19-13(16)17;1-8(2)6-9(11)7-16-10(13)4-3-5-17-12(14)15;7-3-5-12-6(9)2-1-4-13-8(10)11/h4-6,8-9,15H,7,10-13H2,1-3H3,(H,19,22);11-12H,6-10H2,1-5H3,(H,16,19);4-8H2,1-3H3,(H,12,15);8-9H,3-7,11H2,1-2H3;1-5,7H2/t15-;;;;/m0..../s1. The first-order valence-corrected chi connectivity index (χ1v) is 32.0. The van der Waals surface area contributed by atoms with E-state index in [9.17, 15) is 88.9 Å². The van der Waals surface area contributed by atoms with Crippen LogP contribution >= 0.6 is 0 Å². The van der Waals surface area contributed by atoms with Gasteiger partial charge in [0.15, 0.2) is 0 Å². The summed E-state index contributed by atoms with van der Waals surface area (Å²) in [6.45, 7) is 23.9. The molecule has 0 saturated carbocycles. The molecule has 0 aliphatic rings. The van der Waals surface area contributed by atoms with Gasteiger partial charge in [-0.3, -0.25) is 24.0 Å². The van der Waals surface area contributed by atoms with Gasteiger partial charge in [-0.05, 0) is 131 Å². The van der Waals surface area contributed by atoms with Crippen LogP contribution in [0.1, 0.15) is 173 Å². The first-order valence-electron chi connectivity index (χ1n) is 32.0. The van der Waals surface area contributed by atoms with Crippen molar-refractivity contribution in [1.82, 2.24) is 16.0 Å². The number of benzene rings is 1. The van der Waals surface area contributed by atoms with E-state index in [-0.39, 0.29) is 161 Å². The molecule has 0 bridgehead atoms. The van der Waals surface area contributed by atoms with Crippen molar-refractivity contribution in [3.05, 3.63) is 86.5 Å². The molecule has 0 aliphatic carbocycles. The third-order valence-corrected chi connectivity index (χ3v) is 10.7. The number of carbonyl (C=O) groups is 8. The van der Waals surface area contributed by atoms with Gasteiger partial charge in [0.25, 0.3) is 25.4 Å². The molecule has 7 N–H and O–H groups in total. The van der Waals surface area contributed by atoms with Crippen molar-refractivity contribution >= 4 is 48.1 Å². The molecule has 0 fully saturated rings. The second-order valence-electron chi connectivity index (χ2n) is 24.9. The number of nitrogens with one attached hydrogen (secondary N) is 3. The Morgan fingerprint density at radius 1 is 0.426 bits per heavy atom. The van der Waals surface area contributed by atoms with Crippen molar-refractivity contribution in [1.29, 1.82) is 0 Å². The zero-order valence-corrected chi connectivity index (χ0v) is 60.0. The highest BCUT2D eigenvalue weighted by atomic mass is 17.0. The normalized spacial score (nSPS) is 11.5. The summed E-state index contributed by atoms with van der Waals surface area (Å²) in [5.74, 6) is -1.61.